The summed E-state index contributed by atoms with van der Waals surface area (Å²) in [5.41, 5.74) is 3.05. The van der Waals surface area contributed by atoms with Crippen LogP contribution in [-0.4, -0.2) is 46.5 Å². The first-order chi connectivity index (χ1) is 16.5. The van der Waals surface area contributed by atoms with Gasteiger partial charge in [0.15, 0.2) is 0 Å². The summed E-state index contributed by atoms with van der Waals surface area (Å²) in [6.07, 6.45) is 6.72. The van der Waals surface area contributed by atoms with Gasteiger partial charge in [0.25, 0.3) is 0 Å². The minimum absolute atomic E-state index is 0.00511. The van der Waals surface area contributed by atoms with Crippen molar-refractivity contribution < 1.29 is 19.1 Å². The number of halogens is 1. The largest absolute Gasteiger partial charge is 0.481 e. The van der Waals surface area contributed by atoms with Gasteiger partial charge in [0, 0.05) is 31.7 Å². The van der Waals surface area contributed by atoms with Crippen LogP contribution < -0.4 is 5.32 Å². The van der Waals surface area contributed by atoms with Gasteiger partial charge in [-0.25, -0.2) is 9.37 Å². The Morgan fingerprint density at radius 2 is 2.03 bits per heavy atom. The van der Waals surface area contributed by atoms with Crippen LogP contribution in [0.25, 0.3) is 0 Å². The summed E-state index contributed by atoms with van der Waals surface area (Å²) in [6, 6.07) is 10.5. The zero-order chi connectivity index (χ0) is 23.9. The number of fused-ring (bicyclic) bond motifs is 1. The summed E-state index contributed by atoms with van der Waals surface area (Å²) in [5.74, 6) is 0.0995. The Morgan fingerprint density at radius 3 is 2.79 bits per heavy atom. The highest BCUT2D eigenvalue weighted by atomic mass is 19.1. The van der Waals surface area contributed by atoms with Gasteiger partial charge in [-0.3, -0.25) is 9.59 Å². The van der Waals surface area contributed by atoms with Gasteiger partial charge in [-0.2, -0.15) is 0 Å². The molecule has 7 heteroatoms. The molecular weight excluding hydrogens is 433 g/mol. The van der Waals surface area contributed by atoms with Gasteiger partial charge in [0.1, 0.15) is 11.6 Å². The van der Waals surface area contributed by atoms with Crippen LogP contribution >= 0.6 is 0 Å². The number of hydrogen-bond donors (Lipinski definition) is 2. The molecule has 0 aliphatic carbocycles. The monoisotopic (exact) mass is 467 g/mol. The van der Waals surface area contributed by atoms with Crippen molar-refractivity contribution in [2.24, 2.45) is 5.92 Å². The zero-order valence-electron chi connectivity index (χ0n) is 19.6. The number of aliphatic carboxylic acids is 1. The van der Waals surface area contributed by atoms with Gasteiger partial charge in [0.05, 0.1) is 6.42 Å². The second-order valence-corrected chi connectivity index (χ2v) is 9.60. The third kappa shape index (κ3) is 6.55. The number of hydrogen-bond acceptors (Lipinski definition) is 4. The number of likely N-dealkylation sites (tertiary alicyclic amines) is 1. The number of rotatable bonds is 9. The lowest BCUT2D eigenvalue weighted by atomic mass is 9.82. The van der Waals surface area contributed by atoms with E-state index >= 15 is 0 Å². The van der Waals surface area contributed by atoms with Crippen molar-refractivity contribution >= 4 is 17.7 Å². The first kappa shape index (κ1) is 24.2. The smallest absolute Gasteiger partial charge is 0.303 e. The lowest BCUT2D eigenvalue weighted by Crippen LogP contribution is -2.38. The van der Waals surface area contributed by atoms with E-state index in [0.717, 1.165) is 62.1 Å². The summed E-state index contributed by atoms with van der Waals surface area (Å²) < 4.78 is 13.7. The third-order valence-corrected chi connectivity index (χ3v) is 7.10. The summed E-state index contributed by atoms with van der Waals surface area (Å²) in [4.78, 5) is 30.7. The molecule has 0 saturated carbocycles. The fraction of sp³-hybridized carbons (Fsp3) is 0.519. The fourth-order valence-electron chi connectivity index (χ4n) is 5.22. The molecule has 2 aliphatic rings. The van der Waals surface area contributed by atoms with E-state index in [1.807, 2.05) is 11.0 Å². The van der Waals surface area contributed by atoms with Crippen LogP contribution in [0.2, 0.25) is 0 Å². The third-order valence-electron chi connectivity index (χ3n) is 7.10. The number of aromatic nitrogens is 1. The van der Waals surface area contributed by atoms with Crippen LogP contribution in [0.3, 0.4) is 0 Å². The second kappa shape index (κ2) is 11.4. The van der Waals surface area contributed by atoms with Crippen molar-refractivity contribution in [3.63, 3.8) is 0 Å². The van der Waals surface area contributed by atoms with E-state index in [1.54, 1.807) is 6.07 Å². The quantitative estimate of drug-likeness (QED) is 0.554. The maximum absolute atomic E-state index is 13.7. The van der Waals surface area contributed by atoms with Gasteiger partial charge in [-0.05, 0) is 86.1 Å². The molecule has 0 spiro atoms. The Bertz CT molecular complexity index is 1000. The highest BCUT2D eigenvalue weighted by Gasteiger charge is 2.26. The minimum atomic E-state index is -0.869. The lowest BCUT2D eigenvalue weighted by Gasteiger charge is -2.33. The summed E-state index contributed by atoms with van der Waals surface area (Å²) in [5, 5.41) is 12.7. The van der Waals surface area contributed by atoms with Crippen molar-refractivity contribution in [2.75, 3.05) is 25.0 Å². The number of pyridine rings is 1. The van der Waals surface area contributed by atoms with Gasteiger partial charge in [-0.1, -0.05) is 18.2 Å². The van der Waals surface area contributed by atoms with Crippen molar-refractivity contribution in [1.29, 1.82) is 0 Å². The average Bonchev–Trinajstić information content (AvgIpc) is 2.83. The molecule has 1 aromatic heterocycles. The Morgan fingerprint density at radius 1 is 1.21 bits per heavy atom. The van der Waals surface area contributed by atoms with Crippen molar-refractivity contribution in [3.8, 4) is 0 Å². The van der Waals surface area contributed by atoms with Crippen LogP contribution in [0.15, 0.2) is 36.4 Å². The number of carbonyl (C=O) groups is 2. The molecule has 0 bridgehead atoms. The topological polar surface area (TPSA) is 82.5 Å². The van der Waals surface area contributed by atoms with Crippen LogP contribution in [0.4, 0.5) is 10.2 Å². The van der Waals surface area contributed by atoms with Gasteiger partial charge >= 0.3 is 5.97 Å². The molecule has 1 aromatic carbocycles. The van der Waals surface area contributed by atoms with Crippen LogP contribution in [-0.2, 0) is 22.4 Å². The van der Waals surface area contributed by atoms with E-state index in [2.05, 4.69) is 17.4 Å². The van der Waals surface area contributed by atoms with E-state index in [0.29, 0.717) is 31.8 Å². The number of piperidine rings is 1. The molecule has 1 atom stereocenters. The zero-order valence-corrected chi connectivity index (χ0v) is 19.6. The predicted octanol–water partition coefficient (Wildman–Crippen LogP) is 4.79. The van der Waals surface area contributed by atoms with Crippen LogP contribution in [0.1, 0.15) is 67.7 Å². The Hall–Kier alpha value is -2.96. The molecule has 2 N–H and O–H groups in total. The van der Waals surface area contributed by atoms with E-state index < -0.39 is 5.97 Å². The Balaban J connectivity index is 1.22. The molecule has 2 aliphatic heterocycles. The van der Waals surface area contributed by atoms with E-state index in [9.17, 15) is 19.1 Å². The summed E-state index contributed by atoms with van der Waals surface area (Å²) in [6.45, 7) is 2.37. The number of carboxylic acid groups (broad SMARTS) is 1. The Labute approximate surface area is 200 Å². The number of nitrogens with zero attached hydrogens (tertiary/aromatic N) is 2. The molecule has 6 nitrogen and oxygen atoms in total. The number of amides is 1. The molecule has 1 unspecified atom stereocenters. The molecular formula is C27H34FN3O3. The van der Waals surface area contributed by atoms with E-state index in [4.69, 9.17) is 4.98 Å². The second-order valence-electron chi connectivity index (χ2n) is 9.60. The molecule has 4 rings (SSSR count). The van der Waals surface area contributed by atoms with Gasteiger partial charge < -0.3 is 15.3 Å². The number of aryl methyl sites for hydroxylation is 2. The maximum atomic E-state index is 13.7. The van der Waals surface area contributed by atoms with Gasteiger partial charge in [0.2, 0.25) is 5.91 Å². The Kier molecular flexibility index (Phi) is 8.14. The lowest BCUT2D eigenvalue weighted by molar-refractivity contribution is -0.137. The number of anilines is 1. The predicted molar refractivity (Wildman–Crippen MR) is 129 cm³/mol. The SMILES string of the molecule is O=C(O)CC(CC1CCN(C(=O)CCCc2ccc3c(n2)NCCC3)CC1)c1cccc(F)c1. The minimum Gasteiger partial charge on any atom is -0.481 e. The molecule has 1 fully saturated rings. The van der Waals surface area contributed by atoms with Crippen LogP contribution in [0, 0.1) is 11.7 Å². The standard InChI is InChI=1S/C27H34FN3O3/c28-23-6-1-4-21(17-23)22(18-26(33)34)16-19-11-14-31(15-12-19)25(32)8-2-7-24-10-9-20-5-3-13-29-27(20)30-24/h1,4,6,9-10,17,19,22H,2-3,5,7-8,11-16,18H2,(H,29,30)(H,33,34). The fourth-order valence-corrected chi connectivity index (χ4v) is 5.22. The molecule has 34 heavy (non-hydrogen) atoms. The van der Waals surface area contributed by atoms with E-state index in [1.165, 1.54) is 17.7 Å². The molecule has 1 saturated heterocycles. The normalized spacial score (nSPS) is 17.0. The molecule has 182 valence electrons. The molecule has 3 heterocycles. The first-order valence-corrected chi connectivity index (χ1v) is 12.5. The summed E-state index contributed by atoms with van der Waals surface area (Å²) >= 11 is 0. The van der Waals surface area contributed by atoms with E-state index in [-0.39, 0.29) is 24.1 Å². The highest BCUT2D eigenvalue weighted by Crippen LogP contribution is 2.33. The van der Waals surface area contributed by atoms with Crippen LogP contribution in [0.5, 0.6) is 0 Å². The number of carboxylic acids is 1. The van der Waals surface area contributed by atoms with Crippen molar-refractivity contribution in [3.05, 3.63) is 59.0 Å². The maximum Gasteiger partial charge on any atom is 0.303 e. The average molecular weight is 468 g/mol. The molecule has 2 aromatic rings. The highest BCUT2D eigenvalue weighted by molar-refractivity contribution is 5.76. The van der Waals surface area contributed by atoms with Crippen molar-refractivity contribution in [1.82, 2.24) is 9.88 Å². The van der Waals surface area contributed by atoms with Crippen molar-refractivity contribution in [2.45, 2.75) is 63.7 Å². The number of nitrogens with one attached hydrogen (secondary N) is 1. The van der Waals surface area contributed by atoms with Gasteiger partial charge in [-0.15, -0.1) is 0 Å². The molecule has 1 amide bonds. The molecule has 0 radical (unpaired) electrons. The number of carbonyl (C=O) groups excluding carboxylic acids is 1. The first-order valence-electron chi connectivity index (χ1n) is 12.5. The number of benzene rings is 1. The summed E-state index contributed by atoms with van der Waals surface area (Å²) in [7, 11) is 0.